The van der Waals surface area contributed by atoms with E-state index in [4.69, 9.17) is 0 Å². The second-order valence-electron chi connectivity index (χ2n) is 4.75. The van der Waals surface area contributed by atoms with Crippen molar-refractivity contribution in [1.82, 2.24) is 0 Å². The van der Waals surface area contributed by atoms with E-state index in [0.29, 0.717) is 17.1 Å². The lowest BCUT2D eigenvalue weighted by molar-refractivity contribution is -0.127. The zero-order chi connectivity index (χ0) is 8.06. The molecule has 11 heavy (non-hydrogen) atoms. The van der Waals surface area contributed by atoms with Crippen LogP contribution in [0.1, 0.15) is 39.5 Å². The van der Waals surface area contributed by atoms with Crippen LogP contribution in [-0.2, 0) is 4.79 Å². The second-order valence-corrected chi connectivity index (χ2v) is 4.75. The van der Waals surface area contributed by atoms with Crippen LogP contribution in [0.3, 0.4) is 0 Å². The average Bonchev–Trinajstić information content (AvgIpc) is 2.25. The number of rotatable bonds is 0. The summed E-state index contributed by atoms with van der Waals surface area (Å²) in [6.07, 6.45) is 4.74. The smallest absolute Gasteiger partial charge is 0.136 e. The van der Waals surface area contributed by atoms with Crippen molar-refractivity contribution in [2.24, 2.45) is 17.3 Å². The molecule has 0 aromatic rings. The molecule has 0 aromatic carbocycles. The van der Waals surface area contributed by atoms with Gasteiger partial charge in [-0.3, -0.25) is 4.79 Å². The fourth-order valence-corrected chi connectivity index (χ4v) is 2.80. The minimum absolute atomic E-state index is 0.366. The minimum atomic E-state index is 0.366. The lowest BCUT2D eigenvalue weighted by Crippen LogP contribution is -2.30. The van der Waals surface area contributed by atoms with Gasteiger partial charge in [-0.05, 0) is 30.6 Å². The molecule has 2 saturated carbocycles. The van der Waals surface area contributed by atoms with Crippen LogP contribution in [0.5, 0.6) is 0 Å². The highest BCUT2D eigenvalue weighted by atomic mass is 16.1. The largest absolute Gasteiger partial charge is 0.299 e. The molecule has 0 radical (unpaired) electrons. The lowest BCUT2D eigenvalue weighted by atomic mass is 9.72. The van der Waals surface area contributed by atoms with E-state index in [1.807, 2.05) is 0 Å². The van der Waals surface area contributed by atoms with Gasteiger partial charge in [-0.25, -0.2) is 0 Å². The Hall–Kier alpha value is -0.330. The molecule has 3 atom stereocenters. The average molecular weight is 152 g/mol. The molecule has 2 aliphatic carbocycles. The molecular weight excluding hydrogens is 136 g/mol. The van der Waals surface area contributed by atoms with E-state index >= 15 is 0 Å². The quantitative estimate of drug-likeness (QED) is 0.521. The van der Waals surface area contributed by atoms with Crippen molar-refractivity contribution in [3.63, 3.8) is 0 Å². The summed E-state index contributed by atoms with van der Waals surface area (Å²) in [6, 6.07) is 0. The van der Waals surface area contributed by atoms with Gasteiger partial charge in [-0.15, -0.1) is 0 Å². The normalized spacial score (nSPS) is 49.8. The summed E-state index contributed by atoms with van der Waals surface area (Å²) in [5.41, 5.74) is 0.397. The molecule has 3 unspecified atom stereocenters. The zero-order valence-electron chi connectivity index (χ0n) is 7.39. The first kappa shape index (κ1) is 7.33. The molecule has 0 heterocycles. The molecule has 2 fully saturated rings. The molecule has 0 saturated heterocycles. The van der Waals surface area contributed by atoms with Gasteiger partial charge < -0.3 is 0 Å². The van der Waals surface area contributed by atoms with Crippen molar-refractivity contribution < 1.29 is 4.79 Å². The molecule has 0 N–H and O–H groups in total. The molecule has 2 rings (SSSR count). The Morgan fingerprint density at radius 1 is 1.55 bits per heavy atom. The number of hydrogen-bond donors (Lipinski definition) is 0. The molecule has 0 spiro atoms. The third-order valence-electron chi connectivity index (χ3n) is 3.69. The van der Waals surface area contributed by atoms with E-state index < -0.39 is 0 Å². The standard InChI is InChI=1S/C10H16O/c1-7-8-3-4-10(2,5-8)6-9(7)11/h7-8H,3-6H2,1-2H3. The van der Waals surface area contributed by atoms with E-state index in [1.165, 1.54) is 19.3 Å². The summed E-state index contributed by atoms with van der Waals surface area (Å²) in [6.45, 7) is 4.38. The van der Waals surface area contributed by atoms with Crippen LogP contribution in [0.15, 0.2) is 0 Å². The summed E-state index contributed by atoms with van der Waals surface area (Å²) < 4.78 is 0. The Balaban J connectivity index is 2.23. The number of ketones is 1. The lowest BCUT2D eigenvalue weighted by Gasteiger charge is -2.31. The molecule has 1 heteroatoms. The van der Waals surface area contributed by atoms with Gasteiger partial charge in [-0.2, -0.15) is 0 Å². The van der Waals surface area contributed by atoms with Crippen LogP contribution in [0.2, 0.25) is 0 Å². The Morgan fingerprint density at radius 2 is 2.27 bits per heavy atom. The first-order chi connectivity index (χ1) is 5.11. The highest BCUT2D eigenvalue weighted by molar-refractivity contribution is 5.82. The molecule has 0 aliphatic heterocycles. The van der Waals surface area contributed by atoms with Gasteiger partial charge in [0.25, 0.3) is 0 Å². The summed E-state index contributed by atoms with van der Waals surface area (Å²) in [5, 5.41) is 0. The first-order valence-electron chi connectivity index (χ1n) is 4.63. The zero-order valence-corrected chi connectivity index (χ0v) is 7.39. The Kier molecular flexibility index (Phi) is 1.39. The SMILES string of the molecule is CC1C(=O)CC2(C)CCC1C2. The molecule has 0 amide bonds. The number of hydrogen-bond acceptors (Lipinski definition) is 1. The Bertz CT molecular complexity index is 197. The van der Waals surface area contributed by atoms with Crippen LogP contribution < -0.4 is 0 Å². The van der Waals surface area contributed by atoms with Crippen molar-refractivity contribution in [3.8, 4) is 0 Å². The van der Waals surface area contributed by atoms with Gasteiger partial charge >= 0.3 is 0 Å². The van der Waals surface area contributed by atoms with E-state index in [1.54, 1.807) is 0 Å². The van der Waals surface area contributed by atoms with Gasteiger partial charge in [0.2, 0.25) is 0 Å². The number of carbonyl (C=O) groups excluding carboxylic acids is 1. The summed E-state index contributed by atoms with van der Waals surface area (Å²) in [7, 11) is 0. The van der Waals surface area contributed by atoms with Gasteiger partial charge in [0.05, 0.1) is 0 Å². The number of fused-ring (bicyclic) bond motifs is 2. The van der Waals surface area contributed by atoms with Crippen molar-refractivity contribution in [3.05, 3.63) is 0 Å². The monoisotopic (exact) mass is 152 g/mol. The van der Waals surface area contributed by atoms with Crippen LogP contribution in [0.4, 0.5) is 0 Å². The predicted octanol–water partition coefficient (Wildman–Crippen LogP) is 2.40. The summed E-state index contributed by atoms with van der Waals surface area (Å²) in [4.78, 5) is 11.5. The molecule has 2 bridgehead atoms. The third-order valence-corrected chi connectivity index (χ3v) is 3.69. The van der Waals surface area contributed by atoms with Crippen molar-refractivity contribution >= 4 is 5.78 Å². The van der Waals surface area contributed by atoms with Crippen molar-refractivity contribution in [1.29, 1.82) is 0 Å². The minimum Gasteiger partial charge on any atom is -0.299 e. The van der Waals surface area contributed by atoms with E-state index in [9.17, 15) is 4.79 Å². The maximum absolute atomic E-state index is 11.5. The molecule has 0 aromatic heterocycles. The molecule has 1 nitrogen and oxygen atoms in total. The topological polar surface area (TPSA) is 17.1 Å². The van der Waals surface area contributed by atoms with Crippen molar-refractivity contribution in [2.75, 3.05) is 0 Å². The number of carbonyl (C=O) groups is 1. The van der Waals surface area contributed by atoms with Crippen LogP contribution in [-0.4, -0.2) is 5.78 Å². The van der Waals surface area contributed by atoms with Gasteiger partial charge in [-0.1, -0.05) is 13.8 Å². The Labute approximate surface area is 68.2 Å². The molecule has 2 aliphatic rings. The fraction of sp³-hybridized carbons (Fsp3) is 0.900. The molecular formula is C10H16O. The van der Waals surface area contributed by atoms with Crippen LogP contribution in [0, 0.1) is 17.3 Å². The third kappa shape index (κ3) is 1.02. The Morgan fingerprint density at radius 3 is 3.00 bits per heavy atom. The maximum atomic E-state index is 11.5. The highest BCUT2D eigenvalue weighted by Gasteiger charge is 2.45. The summed E-state index contributed by atoms with van der Waals surface area (Å²) >= 11 is 0. The summed E-state index contributed by atoms with van der Waals surface area (Å²) in [5.74, 6) is 1.60. The van der Waals surface area contributed by atoms with Crippen LogP contribution >= 0.6 is 0 Å². The molecule has 62 valence electrons. The van der Waals surface area contributed by atoms with Crippen molar-refractivity contribution in [2.45, 2.75) is 39.5 Å². The highest BCUT2D eigenvalue weighted by Crippen LogP contribution is 2.51. The van der Waals surface area contributed by atoms with Gasteiger partial charge in [0.1, 0.15) is 5.78 Å². The predicted molar refractivity (Wildman–Crippen MR) is 44.2 cm³/mol. The van der Waals surface area contributed by atoms with Crippen LogP contribution in [0.25, 0.3) is 0 Å². The second kappa shape index (κ2) is 2.09. The maximum Gasteiger partial charge on any atom is 0.136 e. The van der Waals surface area contributed by atoms with E-state index in [2.05, 4.69) is 13.8 Å². The van der Waals surface area contributed by atoms with Gasteiger partial charge in [0, 0.05) is 12.3 Å². The van der Waals surface area contributed by atoms with E-state index in [0.717, 1.165) is 12.3 Å². The van der Waals surface area contributed by atoms with Gasteiger partial charge in [0.15, 0.2) is 0 Å². The first-order valence-corrected chi connectivity index (χ1v) is 4.63. The number of Topliss-reactive ketones (excluding diaryl/α,β-unsaturated/α-hetero) is 1. The fourth-order valence-electron chi connectivity index (χ4n) is 2.80. The van der Waals surface area contributed by atoms with E-state index in [-0.39, 0.29) is 0 Å².